The smallest absolute Gasteiger partial charge is 1.00 e. The number of nitrogens with two attached hydrogens (primary N) is 1. The van der Waals surface area contributed by atoms with Crippen LogP contribution in [0.25, 0.3) is 0 Å². The van der Waals surface area contributed by atoms with Gasteiger partial charge >= 0.3 is 61.7 Å². The van der Waals surface area contributed by atoms with Crippen molar-refractivity contribution < 1.29 is 65.4 Å². The van der Waals surface area contributed by atoms with E-state index in [2.05, 4.69) is 9.32 Å². The maximum Gasteiger partial charge on any atom is 1.00 e. The fraction of sp³-hybridized carbons (Fsp3) is 1.00. The minimum atomic E-state index is -3.66. The van der Waals surface area contributed by atoms with E-state index >= 15 is 0 Å². The minimum absolute atomic E-state index is 0. The van der Waals surface area contributed by atoms with E-state index in [-0.39, 0.29) is 52.8 Å². The molecule has 0 aliphatic carbocycles. The van der Waals surface area contributed by atoms with Crippen LogP contribution in [0.3, 0.4) is 0 Å². The summed E-state index contributed by atoms with van der Waals surface area (Å²) in [4.78, 5) is 0. The summed E-state index contributed by atoms with van der Waals surface area (Å²) in [5, 5.41) is 4.28. The molecule has 0 aliphatic rings. The first-order valence-corrected chi connectivity index (χ1v) is 2.62. The molecular weight excluding hydrogens is 145 g/mol. The van der Waals surface area contributed by atoms with Crippen LogP contribution in [0.5, 0.6) is 0 Å². The van der Waals surface area contributed by atoms with Crippen LogP contribution >= 0.6 is 0 Å². The van der Waals surface area contributed by atoms with E-state index < -0.39 is 10.3 Å². The Morgan fingerprint density at radius 3 is 1.86 bits per heavy atom. The molecule has 40 valence electrons. The molecular formula is CH6KNO3S. The van der Waals surface area contributed by atoms with Gasteiger partial charge in [0.15, 0.2) is 0 Å². The largest absolute Gasteiger partial charge is 1.00 e. The monoisotopic (exact) mass is 151 g/mol. The normalized spacial score (nSPS) is 10.0. The molecule has 0 atom stereocenters. The molecule has 0 fully saturated rings. The minimum Gasteiger partial charge on any atom is -1.00 e. The van der Waals surface area contributed by atoms with Gasteiger partial charge in [-0.3, -0.25) is 4.18 Å². The molecule has 0 radical (unpaired) electrons. The summed E-state index contributed by atoms with van der Waals surface area (Å²) in [5.41, 5.74) is 0. The topological polar surface area (TPSA) is 69.4 Å². The second kappa shape index (κ2) is 4.39. The Morgan fingerprint density at radius 1 is 1.71 bits per heavy atom. The van der Waals surface area contributed by atoms with Crippen LogP contribution in [0.15, 0.2) is 0 Å². The van der Waals surface area contributed by atoms with Gasteiger partial charge in [0.1, 0.15) is 0 Å². The Kier molecular flexibility index (Phi) is 7.10. The predicted molar refractivity (Wildman–Crippen MR) is 21.2 cm³/mol. The zero-order valence-corrected chi connectivity index (χ0v) is 8.15. The molecule has 0 amide bonds. The van der Waals surface area contributed by atoms with Crippen LogP contribution in [0.2, 0.25) is 0 Å². The van der Waals surface area contributed by atoms with Crippen LogP contribution in [-0.4, -0.2) is 15.5 Å². The molecule has 0 aromatic rings. The fourth-order valence-electron chi connectivity index (χ4n) is 0. The van der Waals surface area contributed by atoms with Gasteiger partial charge in [0, 0.05) is 0 Å². The number of hydrogen-bond acceptors (Lipinski definition) is 3. The Bertz CT molecular complexity index is 121. The summed E-state index contributed by atoms with van der Waals surface area (Å²) in [6, 6.07) is 0. The van der Waals surface area contributed by atoms with Crippen LogP contribution in [-0.2, 0) is 14.5 Å². The van der Waals surface area contributed by atoms with Crippen molar-refractivity contribution in [1.82, 2.24) is 0 Å². The van der Waals surface area contributed by atoms with E-state index in [1.165, 1.54) is 0 Å². The van der Waals surface area contributed by atoms with Crippen molar-refractivity contribution in [3.8, 4) is 0 Å². The maximum absolute atomic E-state index is 9.56. The zero-order valence-electron chi connectivity index (χ0n) is 5.21. The van der Waals surface area contributed by atoms with Gasteiger partial charge in [-0.25, -0.2) is 5.14 Å². The van der Waals surface area contributed by atoms with Gasteiger partial charge in [-0.05, 0) is 0 Å². The van der Waals surface area contributed by atoms with E-state index in [4.69, 9.17) is 0 Å². The van der Waals surface area contributed by atoms with Crippen LogP contribution in [0.4, 0.5) is 0 Å². The molecule has 0 aromatic carbocycles. The van der Waals surface area contributed by atoms with Gasteiger partial charge in [0.25, 0.3) is 0 Å². The predicted octanol–water partition coefficient (Wildman–Crippen LogP) is -4.05. The molecule has 7 heavy (non-hydrogen) atoms. The molecule has 0 spiro atoms. The third-order valence-corrected chi connectivity index (χ3v) is 0.697. The molecule has 4 nitrogen and oxygen atoms in total. The van der Waals surface area contributed by atoms with Gasteiger partial charge in [0.05, 0.1) is 7.11 Å². The van der Waals surface area contributed by atoms with Crippen molar-refractivity contribution in [1.29, 1.82) is 0 Å². The second-order valence-corrected chi connectivity index (χ2v) is 1.98. The summed E-state index contributed by atoms with van der Waals surface area (Å²) in [6.07, 6.45) is 0. The van der Waals surface area contributed by atoms with Gasteiger partial charge in [-0.1, -0.05) is 0 Å². The van der Waals surface area contributed by atoms with Crippen molar-refractivity contribution in [3.05, 3.63) is 0 Å². The molecule has 0 saturated carbocycles. The molecule has 2 N–H and O–H groups in total. The van der Waals surface area contributed by atoms with Crippen LogP contribution < -0.4 is 56.5 Å². The Balaban J connectivity index is -0.000000125. The van der Waals surface area contributed by atoms with E-state index in [1.807, 2.05) is 0 Å². The first-order chi connectivity index (χ1) is 2.56. The van der Waals surface area contributed by atoms with Crippen molar-refractivity contribution in [2.24, 2.45) is 5.14 Å². The molecule has 0 bridgehead atoms. The van der Waals surface area contributed by atoms with E-state index in [9.17, 15) is 8.42 Å². The summed E-state index contributed by atoms with van der Waals surface area (Å²) >= 11 is 0. The quantitative estimate of drug-likeness (QED) is 0.388. The Labute approximate surface area is 86.6 Å². The third kappa shape index (κ3) is 11.2. The average molecular weight is 151 g/mol. The average Bonchev–Trinajstić information content (AvgIpc) is 1.35. The molecule has 0 rings (SSSR count). The van der Waals surface area contributed by atoms with Crippen LogP contribution in [0, 0.1) is 0 Å². The first-order valence-electron chi connectivity index (χ1n) is 1.14. The zero-order chi connectivity index (χ0) is 5.21. The van der Waals surface area contributed by atoms with Crippen molar-refractivity contribution in [2.75, 3.05) is 7.11 Å². The fourth-order valence-corrected chi connectivity index (χ4v) is 0. The third-order valence-electron chi connectivity index (χ3n) is 0.232. The van der Waals surface area contributed by atoms with E-state index in [1.54, 1.807) is 0 Å². The molecule has 0 saturated heterocycles. The second-order valence-electron chi connectivity index (χ2n) is 0.659. The van der Waals surface area contributed by atoms with Crippen LogP contribution in [0.1, 0.15) is 1.43 Å². The molecule has 0 unspecified atom stereocenters. The summed E-state index contributed by atoms with van der Waals surface area (Å²) < 4.78 is 22.8. The van der Waals surface area contributed by atoms with Crippen molar-refractivity contribution in [3.63, 3.8) is 0 Å². The number of rotatable bonds is 1. The number of hydrogen-bond donors (Lipinski definition) is 1. The maximum atomic E-state index is 9.56. The Hall–Kier alpha value is 1.51. The summed E-state index contributed by atoms with van der Waals surface area (Å²) in [5.74, 6) is 0. The summed E-state index contributed by atoms with van der Waals surface area (Å²) in [6.45, 7) is 0. The van der Waals surface area contributed by atoms with Gasteiger partial charge < -0.3 is 1.43 Å². The molecule has 0 aliphatic heterocycles. The van der Waals surface area contributed by atoms with E-state index in [0.29, 0.717) is 0 Å². The molecule has 0 aromatic heterocycles. The van der Waals surface area contributed by atoms with Crippen molar-refractivity contribution >= 4 is 10.3 Å². The standard InChI is InChI=1S/CH5NO3S.K.H/c1-5-6(2,3)4;;/h1H3,(H2,2,3,4);;/q;+1;-1. The molecule has 6 heteroatoms. The van der Waals surface area contributed by atoms with Gasteiger partial charge in [-0.15, -0.1) is 0 Å². The Morgan fingerprint density at radius 2 is 1.86 bits per heavy atom. The van der Waals surface area contributed by atoms with Crippen molar-refractivity contribution in [2.45, 2.75) is 0 Å². The SMILES string of the molecule is COS(N)(=O)=O.[H-].[K+]. The summed E-state index contributed by atoms with van der Waals surface area (Å²) in [7, 11) is -2.67. The van der Waals surface area contributed by atoms with Gasteiger partial charge in [0.2, 0.25) is 0 Å². The molecule has 0 heterocycles. The van der Waals surface area contributed by atoms with E-state index in [0.717, 1.165) is 7.11 Å². The first kappa shape index (κ1) is 11.3. The van der Waals surface area contributed by atoms with Gasteiger partial charge in [-0.2, -0.15) is 8.42 Å².